The SMILES string of the molecule is COc1c(O)ccc2c1[C@]13CCN(CC4CC4)[C@H](C2)[C@]1(O)CC[C@H](N(C)C(=O)C=Cc1cccc(C(F)(F)F)c1)C3. The average molecular weight is 571 g/mol. The third-order valence-electron chi connectivity index (χ3n) is 10.1. The van der Waals surface area contributed by atoms with Crippen molar-refractivity contribution < 1.29 is 32.9 Å². The predicted octanol–water partition coefficient (Wildman–Crippen LogP) is 5.15. The number of methoxy groups -OCH3 is 1. The van der Waals surface area contributed by atoms with Crippen molar-refractivity contribution in [1.82, 2.24) is 9.80 Å². The lowest BCUT2D eigenvalue weighted by atomic mass is 9.48. The van der Waals surface area contributed by atoms with Crippen LogP contribution >= 0.6 is 0 Å². The molecule has 9 heteroatoms. The number of hydrogen-bond donors (Lipinski definition) is 2. The van der Waals surface area contributed by atoms with Gasteiger partial charge in [-0.15, -0.1) is 0 Å². The summed E-state index contributed by atoms with van der Waals surface area (Å²) in [7, 11) is 3.25. The molecule has 0 radical (unpaired) electrons. The molecule has 2 aromatic carbocycles. The number of halogens is 3. The average Bonchev–Trinajstić information content (AvgIpc) is 3.76. The lowest BCUT2D eigenvalue weighted by Gasteiger charge is -2.65. The summed E-state index contributed by atoms with van der Waals surface area (Å²) in [6, 6.07) is 8.23. The third-order valence-corrected chi connectivity index (χ3v) is 10.1. The summed E-state index contributed by atoms with van der Waals surface area (Å²) >= 11 is 0. The van der Waals surface area contributed by atoms with Gasteiger partial charge in [0.05, 0.1) is 18.3 Å². The summed E-state index contributed by atoms with van der Waals surface area (Å²) in [4.78, 5) is 17.4. The van der Waals surface area contributed by atoms with Gasteiger partial charge in [0.2, 0.25) is 5.91 Å². The van der Waals surface area contributed by atoms with Crippen LogP contribution in [-0.2, 0) is 22.8 Å². The van der Waals surface area contributed by atoms with Gasteiger partial charge in [-0.05, 0) is 92.8 Å². The molecule has 0 unspecified atom stereocenters. The molecular weight excluding hydrogens is 533 g/mol. The van der Waals surface area contributed by atoms with E-state index in [0.717, 1.165) is 36.3 Å². The Morgan fingerprint density at radius 1 is 1.20 bits per heavy atom. The van der Waals surface area contributed by atoms with Crippen molar-refractivity contribution in [2.45, 2.75) is 74.2 Å². The van der Waals surface area contributed by atoms with Crippen molar-refractivity contribution in [3.8, 4) is 11.5 Å². The number of nitrogens with zero attached hydrogens (tertiary/aromatic N) is 2. The second-order valence-electron chi connectivity index (χ2n) is 12.4. The topological polar surface area (TPSA) is 73.2 Å². The number of benzene rings is 2. The van der Waals surface area contributed by atoms with E-state index in [1.807, 2.05) is 6.07 Å². The number of ether oxygens (including phenoxy) is 1. The van der Waals surface area contributed by atoms with Crippen LogP contribution < -0.4 is 4.74 Å². The highest BCUT2D eigenvalue weighted by Crippen LogP contribution is 2.61. The fraction of sp³-hybridized carbons (Fsp3) is 0.531. The first-order valence-corrected chi connectivity index (χ1v) is 14.4. The van der Waals surface area contributed by atoms with Crippen molar-refractivity contribution in [3.05, 3.63) is 64.7 Å². The number of aliphatic hydroxyl groups is 1. The Morgan fingerprint density at radius 3 is 2.68 bits per heavy atom. The summed E-state index contributed by atoms with van der Waals surface area (Å²) < 4.78 is 45.1. The highest BCUT2D eigenvalue weighted by molar-refractivity contribution is 5.91. The van der Waals surface area contributed by atoms with Gasteiger partial charge < -0.3 is 19.8 Å². The molecule has 1 amide bonds. The molecule has 6 nitrogen and oxygen atoms in total. The fourth-order valence-electron chi connectivity index (χ4n) is 7.83. The van der Waals surface area contributed by atoms with Crippen molar-refractivity contribution in [1.29, 1.82) is 0 Å². The maximum Gasteiger partial charge on any atom is 0.416 e. The van der Waals surface area contributed by atoms with Crippen molar-refractivity contribution in [2.75, 3.05) is 27.2 Å². The highest BCUT2D eigenvalue weighted by atomic mass is 19.4. The predicted molar refractivity (Wildman–Crippen MR) is 149 cm³/mol. The Hall–Kier alpha value is -3.04. The van der Waals surface area contributed by atoms with E-state index < -0.39 is 22.8 Å². The molecule has 41 heavy (non-hydrogen) atoms. The summed E-state index contributed by atoms with van der Waals surface area (Å²) in [5.41, 5.74) is -0.295. The van der Waals surface area contributed by atoms with E-state index in [1.165, 1.54) is 44.2 Å². The van der Waals surface area contributed by atoms with E-state index in [0.29, 0.717) is 49.3 Å². The zero-order chi connectivity index (χ0) is 29.2. The van der Waals surface area contributed by atoms with Gasteiger partial charge in [-0.1, -0.05) is 18.2 Å². The van der Waals surface area contributed by atoms with Crippen LogP contribution in [0.2, 0.25) is 0 Å². The van der Waals surface area contributed by atoms with Crippen LogP contribution in [0.1, 0.15) is 60.8 Å². The Bertz CT molecular complexity index is 1370. The van der Waals surface area contributed by atoms with Gasteiger partial charge in [0.15, 0.2) is 11.5 Å². The van der Waals surface area contributed by atoms with Crippen LogP contribution in [0.3, 0.4) is 0 Å². The largest absolute Gasteiger partial charge is 0.504 e. The number of amides is 1. The van der Waals surface area contributed by atoms with Gasteiger partial charge >= 0.3 is 6.18 Å². The van der Waals surface area contributed by atoms with E-state index in [1.54, 1.807) is 18.0 Å². The molecule has 1 saturated heterocycles. The first-order chi connectivity index (χ1) is 19.5. The normalized spacial score (nSPS) is 29.6. The maximum absolute atomic E-state index is 13.3. The number of piperidine rings is 1. The van der Waals surface area contributed by atoms with Gasteiger partial charge in [0.25, 0.3) is 0 Å². The Morgan fingerprint density at radius 2 is 1.98 bits per heavy atom. The Kier molecular flexibility index (Phi) is 6.89. The number of likely N-dealkylation sites (tertiary alicyclic amines) is 1. The minimum Gasteiger partial charge on any atom is -0.504 e. The number of hydrogen-bond acceptors (Lipinski definition) is 5. The molecule has 2 saturated carbocycles. The standard InChI is InChI=1S/C32H37F3N2O4/c1-36(27(39)11-8-20-4-3-5-23(16-20)32(33,34)35)24-12-13-31(40)26-17-22-9-10-25(38)29(41-2)28(22)30(31,18-24)14-15-37(26)19-21-6-7-21/h3-5,8-11,16,21,24,26,38,40H,6-7,12-15,17-19H2,1-2H3/t24-,26+,30+,31+/m0/s1. The van der Waals surface area contributed by atoms with Gasteiger partial charge in [-0.3, -0.25) is 9.69 Å². The minimum atomic E-state index is -4.46. The Labute approximate surface area is 238 Å². The summed E-state index contributed by atoms with van der Waals surface area (Å²) in [5.74, 6) is 0.813. The molecule has 6 rings (SSSR count). The third kappa shape index (κ3) is 4.71. The first-order valence-electron chi connectivity index (χ1n) is 14.4. The number of phenolic OH excluding ortho intramolecular Hbond substituents is 1. The number of alkyl halides is 3. The van der Waals surface area contributed by atoms with E-state index in [4.69, 9.17) is 4.74 Å². The zero-order valence-electron chi connectivity index (χ0n) is 23.5. The van der Waals surface area contributed by atoms with Crippen molar-refractivity contribution >= 4 is 12.0 Å². The minimum absolute atomic E-state index is 0.0393. The summed E-state index contributed by atoms with van der Waals surface area (Å²) in [6.07, 6.45) is 3.69. The van der Waals surface area contributed by atoms with Crippen molar-refractivity contribution in [2.24, 2.45) is 5.92 Å². The Balaban J connectivity index is 1.31. The number of aromatic hydroxyl groups is 1. The second kappa shape index (κ2) is 10.1. The van der Waals surface area contributed by atoms with Crippen LogP contribution in [0.15, 0.2) is 42.5 Å². The van der Waals surface area contributed by atoms with Crippen molar-refractivity contribution in [3.63, 3.8) is 0 Å². The molecule has 220 valence electrons. The van der Waals surface area contributed by atoms with Gasteiger partial charge in [-0.2, -0.15) is 13.2 Å². The quantitative estimate of drug-likeness (QED) is 0.470. The monoisotopic (exact) mass is 570 g/mol. The zero-order valence-corrected chi connectivity index (χ0v) is 23.5. The van der Waals surface area contributed by atoms with Crippen LogP contribution in [-0.4, -0.2) is 70.9 Å². The molecule has 0 aromatic heterocycles. The molecule has 4 aliphatic rings. The van der Waals surface area contributed by atoms with Crippen LogP contribution in [0.4, 0.5) is 13.2 Å². The van der Waals surface area contributed by atoms with E-state index in [2.05, 4.69) is 4.90 Å². The van der Waals surface area contributed by atoms with Crippen LogP contribution in [0.25, 0.3) is 6.08 Å². The fourth-order valence-corrected chi connectivity index (χ4v) is 7.83. The molecule has 3 fully saturated rings. The van der Waals surface area contributed by atoms with Crippen LogP contribution in [0, 0.1) is 5.92 Å². The smallest absolute Gasteiger partial charge is 0.416 e. The molecule has 1 heterocycles. The molecule has 2 aromatic rings. The highest BCUT2D eigenvalue weighted by Gasteiger charge is 2.66. The van der Waals surface area contributed by atoms with Gasteiger partial charge in [0.1, 0.15) is 0 Å². The summed E-state index contributed by atoms with van der Waals surface area (Å²) in [5, 5.41) is 23.4. The lowest BCUT2D eigenvalue weighted by Crippen LogP contribution is -2.74. The lowest BCUT2D eigenvalue weighted by molar-refractivity contribution is -0.178. The van der Waals surface area contributed by atoms with E-state index in [9.17, 15) is 28.2 Å². The number of phenols is 1. The molecule has 4 atom stereocenters. The second-order valence-corrected chi connectivity index (χ2v) is 12.4. The van der Waals surface area contributed by atoms with E-state index in [-0.39, 0.29) is 23.7 Å². The number of likely N-dealkylation sites (N-methyl/N-ethyl adjacent to an activating group) is 1. The first kappa shape index (κ1) is 28.1. The number of carbonyl (C=O) groups excluding carboxylic acids is 1. The molecule has 2 bridgehead atoms. The maximum atomic E-state index is 13.3. The van der Waals surface area contributed by atoms with E-state index >= 15 is 0 Å². The number of fused-ring (bicyclic) bond motifs is 1. The molecular formula is C32H37F3N2O4. The molecule has 0 spiro atoms. The number of rotatable bonds is 6. The van der Waals surface area contributed by atoms with Crippen LogP contribution in [0.5, 0.6) is 11.5 Å². The number of carbonyl (C=O) groups is 1. The molecule has 3 aliphatic carbocycles. The van der Waals surface area contributed by atoms with Gasteiger partial charge in [0, 0.05) is 42.7 Å². The van der Waals surface area contributed by atoms with Gasteiger partial charge in [-0.25, -0.2) is 0 Å². The molecule has 2 N–H and O–H groups in total. The molecule has 1 aliphatic heterocycles. The summed E-state index contributed by atoms with van der Waals surface area (Å²) in [6.45, 7) is 1.80.